The summed E-state index contributed by atoms with van der Waals surface area (Å²) in [6, 6.07) is 7.38. The highest BCUT2D eigenvalue weighted by atomic mass is 16.5. The van der Waals surface area contributed by atoms with Crippen LogP contribution in [0, 0.1) is 6.92 Å². The Labute approximate surface area is 145 Å². The second-order valence-electron chi connectivity index (χ2n) is 5.93. The SMILES string of the molecule is COc1ccccc1[C@@H](C)N(C)C(=O)CCc1c(C)[nH]c(=O)[nH]c1=O. The van der Waals surface area contributed by atoms with Gasteiger partial charge in [0.2, 0.25) is 5.91 Å². The first kappa shape index (κ1) is 18.5. The summed E-state index contributed by atoms with van der Waals surface area (Å²) in [5.74, 6) is 0.631. The highest BCUT2D eigenvalue weighted by Crippen LogP contribution is 2.28. The molecular formula is C18H23N3O4. The molecule has 25 heavy (non-hydrogen) atoms. The number of rotatable bonds is 6. The maximum absolute atomic E-state index is 12.5. The number of hydrogen-bond acceptors (Lipinski definition) is 4. The molecule has 2 aromatic rings. The van der Waals surface area contributed by atoms with Gasteiger partial charge in [-0.1, -0.05) is 18.2 Å². The molecule has 1 aromatic heterocycles. The van der Waals surface area contributed by atoms with Crippen LogP contribution in [0.1, 0.15) is 36.2 Å². The van der Waals surface area contributed by atoms with Crippen LogP contribution in [0.2, 0.25) is 0 Å². The van der Waals surface area contributed by atoms with Crippen LogP contribution in [0.25, 0.3) is 0 Å². The molecule has 7 nitrogen and oxygen atoms in total. The Balaban J connectivity index is 2.10. The molecule has 1 aromatic carbocycles. The summed E-state index contributed by atoms with van der Waals surface area (Å²) >= 11 is 0. The number of nitrogens with zero attached hydrogens (tertiary/aromatic N) is 1. The molecule has 0 radical (unpaired) electrons. The third-order valence-electron chi connectivity index (χ3n) is 4.41. The van der Waals surface area contributed by atoms with Crippen molar-refractivity contribution in [3.05, 3.63) is 61.9 Å². The number of aromatic nitrogens is 2. The van der Waals surface area contributed by atoms with E-state index in [0.717, 1.165) is 11.3 Å². The van der Waals surface area contributed by atoms with Gasteiger partial charge in [0.25, 0.3) is 5.56 Å². The van der Waals surface area contributed by atoms with E-state index in [9.17, 15) is 14.4 Å². The van der Waals surface area contributed by atoms with Gasteiger partial charge in [0.05, 0.1) is 13.2 Å². The molecular weight excluding hydrogens is 322 g/mol. The molecule has 0 aliphatic rings. The first-order chi connectivity index (χ1) is 11.8. The molecule has 0 spiro atoms. The van der Waals surface area contributed by atoms with E-state index in [4.69, 9.17) is 4.74 Å². The zero-order valence-electron chi connectivity index (χ0n) is 14.9. The molecule has 1 atom stereocenters. The van der Waals surface area contributed by atoms with Gasteiger partial charge in [-0.15, -0.1) is 0 Å². The lowest BCUT2D eigenvalue weighted by atomic mass is 10.0. The normalized spacial score (nSPS) is 11.8. The van der Waals surface area contributed by atoms with Crippen LogP contribution >= 0.6 is 0 Å². The number of amides is 1. The first-order valence-electron chi connectivity index (χ1n) is 8.05. The van der Waals surface area contributed by atoms with Crippen LogP contribution in [0.5, 0.6) is 5.75 Å². The molecule has 0 saturated carbocycles. The summed E-state index contributed by atoms with van der Waals surface area (Å²) in [5.41, 5.74) is 0.834. The molecule has 1 amide bonds. The zero-order chi connectivity index (χ0) is 18.6. The van der Waals surface area contributed by atoms with Crippen molar-refractivity contribution in [1.82, 2.24) is 14.9 Å². The van der Waals surface area contributed by atoms with E-state index < -0.39 is 11.2 Å². The van der Waals surface area contributed by atoms with Gasteiger partial charge < -0.3 is 14.6 Å². The molecule has 1 heterocycles. The van der Waals surface area contributed by atoms with Crippen molar-refractivity contribution in [2.45, 2.75) is 32.7 Å². The number of carbonyl (C=O) groups is 1. The zero-order valence-corrected chi connectivity index (χ0v) is 14.9. The molecule has 2 N–H and O–H groups in total. The van der Waals surface area contributed by atoms with Gasteiger partial charge >= 0.3 is 5.69 Å². The van der Waals surface area contributed by atoms with Crippen LogP contribution in [0.4, 0.5) is 0 Å². The summed E-state index contributed by atoms with van der Waals surface area (Å²) in [5, 5.41) is 0. The Bertz CT molecular complexity index is 869. The number of carbonyl (C=O) groups excluding carboxylic acids is 1. The third kappa shape index (κ3) is 4.17. The van der Waals surface area contributed by atoms with E-state index >= 15 is 0 Å². The van der Waals surface area contributed by atoms with Gasteiger partial charge in [-0.3, -0.25) is 14.6 Å². The second kappa shape index (κ2) is 7.83. The van der Waals surface area contributed by atoms with E-state index in [2.05, 4.69) is 9.97 Å². The van der Waals surface area contributed by atoms with Crippen molar-refractivity contribution >= 4 is 5.91 Å². The number of nitrogens with one attached hydrogen (secondary N) is 2. The van der Waals surface area contributed by atoms with Crippen molar-refractivity contribution < 1.29 is 9.53 Å². The Hall–Kier alpha value is -2.83. The predicted molar refractivity (Wildman–Crippen MR) is 94.9 cm³/mol. The lowest BCUT2D eigenvalue weighted by Crippen LogP contribution is -2.32. The minimum absolute atomic E-state index is 0.0941. The summed E-state index contributed by atoms with van der Waals surface area (Å²) in [6.07, 6.45) is 0.436. The molecule has 0 unspecified atom stereocenters. The third-order valence-corrected chi connectivity index (χ3v) is 4.41. The summed E-state index contributed by atoms with van der Waals surface area (Å²) in [7, 11) is 3.32. The van der Waals surface area contributed by atoms with E-state index in [1.54, 1.807) is 26.0 Å². The second-order valence-corrected chi connectivity index (χ2v) is 5.93. The number of para-hydroxylation sites is 1. The maximum atomic E-state index is 12.5. The number of H-pyrrole nitrogens is 2. The highest BCUT2D eigenvalue weighted by molar-refractivity contribution is 5.76. The molecule has 134 valence electrons. The molecule has 0 aliphatic heterocycles. The Morgan fingerprint density at radius 1 is 1.24 bits per heavy atom. The minimum atomic E-state index is -0.542. The van der Waals surface area contributed by atoms with Crippen molar-refractivity contribution in [3.63, 3.8) is 0 Å². The average molecular weight is 345 g/mol. The average Bonchev–Trinajstić information content (AvgIpc) is 2.59. The number of benzene rings is 1. The molecule has 0 fully saturated rings. The van der Waals surface area contributed by atoms with Gasteiger partial charge in [0.15, 0.2) is 0 Å². The topological polar surface area (TPSA) is 95.3 Å². The number of ether oxygens (including phenoxy) is 1. The highest BCUT2D eigenvalue weighted by Gasteiger charge is 2.20. The molecule has 0 saturated heterocycles. The van der Waals surface area contributed by atoms with Crippen LogP contribution < -0.4 is 16.0 Å². The Kier molecular flexibility index (Phi) is 5.80. The smallest absolute Gasteiger partial charge is 0.325 e. The van der Waals surface area contributed by atoms with E-state index in [1.165, 1.54) is 0 Å². The van der Waals surface area contributed by atoms with Crippen LogP contribution in [-0.2, 0) is 11.2 Å². The van der Waals surface area contributed by atoms with Crippen molar-refractivity contribution in [3.8, 4) is 5.75 Å². The van der Waals surface area contributed by atoms with E-state index in [1.807, 2.05) is 31.2 Å². The summed E-state index contributed by atoms with van der Waals surface area (Å²) in [4.78, 5) is 42.0. The summed E-state index contributed by atoms with van der Waals surface area (Å²) < 4.78 is 5.35. The number of aromatic amines is 2. The number of aryl methyl sites for hydroxylation is 1. The van der Waals surface area contributed by atoms with Gasteiger partial charge in [0, 0.05) is 30.3 Å². The molecule has 2 rings (SSSR count). The molecule has 0 aliphatic carbocycles. The fraction of sp³-hybridized carbons (Fsp3) is 0.389. The van der Waals surface area contributed by atoms with Gasteiger partial charge in [-0.25, -0.2) is 4.79 Å². The van der Waals surface area contributed by atoms with Crippen LogP contribution in [0.3, 0.4) is 0 Å². The maximum Gasteiger partial charge on any atom is 0.325 e. The van der Waals surface area contributed by atoms with Crippen LogP contribution in [0.15, 0.2) is 33.9 Å². The number of hydrogen-bond donors (Lipinski definition) is 2. The van der Waals surface area contributed by atoms with Crippen LogP contribution in [-0.4, -0.2) is 34.9 Å². The predicted octanol–water partition coefficient (Wildman–Crippen LogP) is 1.53. The lowest BCUT2D eigenvalue weighted by molar-refractivity contribution is -0.131. The molecule has 0 bridgehead atoms. The van der Waals surface area contributed by atoms with E-state index in [-0.39, 0.29) is 24.8 Å². The lowest BCUT2D eigenvalue weighted by Gasteiger charge is -2.26. The quantitative estimate of drug-likeness (QED) is 0.830. The Morgan fingerprint density at radius 3 is 2.56 bits per heavy atom. The fourth-order valence-electron chi connectivity index (χ4n) is 2.77. The fourth-order valence-corrected chi connectivity index (χ4v) is 2.77. The summed E-state index contributed by atoms with van der Waals surface area (Å²) in [6.45, 7) is 3.57. The number of methoxy groups -OCH3 is 1. The largest absolute Gasteiger partial charge is 0.496 e. The van der Waals surface area contributed by atoms with Gasteiger partial charge in [-0.2, -0.15) is 0 Å². The minimum Gasteiger partial charge on any atom is -0.496 e. The Morgan fingerprint density at radius 2 is 1.92 bits per heavy atom. The van der Waals surface area contributed by atoms with Crippen molar-refractivity contribution in [2.75, 3.05) is 14.2 Å². The van der Waals surface area contributed by atoms with Gasteiger partial charge in [-0.05, 0) is 26.3 Å². The molecule has 7 heteroatoms. The first-order valence-corrected chi connectivity index (χ1v) is 8.05. The van der Waals surface area contributed by atoms with Crippen molar-refractivity contribution in [2.24, 2.45) is 0 Å². The van der Waals surface area contributed by atoms with Gasteiger partial charge in [0.1, 0.15) is 5.75 Å². The monoisotopic (exact) mass is 345 g/mol. The standard InChI is InChI=1S/C18H23N3O4/c1-11-13(17(23)20-18(24)19-11)9-10-16(22)21(3)12(2)14-7-5-6-8-15(14)25-4/h5-8,12H,9-10H2,1-4H3,(H2,19,20,23,24)/t12-/m1/s1. The van der Waals surface area contributed by atoms with E-state index in [0.29, 0.717) is 11.3 Å². The van der Waals surface area contributed by atoms with Crippen molar-refractivity contribution in [1.29, 1.82) is 0 Å².